The lowest BCUT2D eigenvalue weighted by atomic mass is 9.91. The highest BCUT2D eigenvalue weighted by Crippen LogP contribution is 2.30. The predicted molar refractivity (Wildman–Crippen MR) is 97.4 cm³/mol. The third-order valence-electron chi connectivity index (χ3n) is 5.28. The summed E-state index contributed by atoms with van der Waals surface area (Å²) in [6.45, 7) is 2.04. The Morgan fingerprint density at radius 3 is 2.80 bits per heavy atom. The molecule has 25 heavy (non-hydrogen) atoms. The number of aliphatic hydroxyl groups is 1. The number of hydrogen-bond acceptors (Lipinski definition) is 5. The van der Waals surface area contributed by atoms with Gasteiger partial charge < -0.3 is 19.3 Å². The quantitative estimate of drug-likeness (QED) is 0.761. The molecule has 1 saturated heterocycles. The van der Waals surface area contributed by atoms with Gasteiger partial charge in [0.2, 0.25) is 0 Å². The summed E-state index contributed by atoms with van der Waals surface area (Å²) in [6, 6.07) is 4.91. The number of aliphatic hydroxyl groups excluding tert-OH is 1. The molecule has 0 bridgehead atoms. The number of hydrogen-bond donors (Lipinski definition) is 1. The minimum Gasteiger partial charge on any atom is -0.493 e. The number of β-amino-alcohol motifs (C(OH)–C–C–N with tert-alkyl or cyclic N) is 1. The molecule has 2 aliphatic rings. The van der Waals surface area contributed by atoms with Crippen LogP contribution in [0.15, 0.2) is 18.2 Å². The molecule has 5 heteroatoms. The van der Waals surface area contributed by atoms with Crippen LogP contribution in [0.2, 0.25) is 0 Å². The van der Waals surface area contributed by atoms with Crippen LogP contribution in [0, 0.1) is 0 Å². The molecule has 5 nitrogen and oxygen atoms in total. The number of methoxy groups -OCH3 is 2. The van der Waals surface area contributed by atoms with Crippen molar-refractivity contribution in [1.29, 1.82) is 0 Å². The average Bonchev–Trinajstić information content (AvgIpc) is 3.08. The van der Waals surface area contributed by atoms with Gasteiger partial charge in [-0.3, -0.25) is 4.90 Å². The lowest BCUT2D eigenvalue weighted by molar-refractivity contribution is -0.0316. The van der Waals surface area contributed by atoms with E-state index >= 15 is 0 Å². The molecule has 2 fully saturated rings. The van der Waals surface area contributed by atoms with E-state index < -0.39 is 14.1 Å². The topological polar surface area (TPSA) is 51.2 Å². The number of nitrogens with zero attached hydrogens (tertiary/aromatic N) is 1. The van der Waals surface area contributed by atoms with Gasteiger partial charge >= 0.3 is 0 Å². The third-order valence-corrected chi connectivity index (χ3v) is 5.28. The molecular weight excluding hydrogens is 320 g/mol. The van der Waals surface area contributed by atoms with Gasteiger partial charge in [0, 0.05) is 19.1 Å². The van der Waals surface area contributed by atoms with Crippen LogP contribution < -0.4 is 9.47 Å². The van der Waals surface area contributed by atoms with Crippen LogP contribution >= 0.6 is 0 Å². The molecule has 0 aromatic heterocycles. The molecule has 3 rings (SSSR count). The minimum atomic E-state index is -2.72. The molecule has 3 atom stereocenters. The van der Waals surface area contributed by atoms with Gasteiger partial charge in [0.1, 0.15) is 0 Å². The second kappa shape index (κ2) is 8.88. The maximum Gasteiger partial charge on any atom is 0.160 e. The second-order valence-electron chi connectivity index (χ2n) is 6.93. The molecule has 1 aliphatic carbocycles. The first-order valence-electron chi connectivity index (χ1n) is 12.0. The van der Waals surface area contributed by atoms with Gasteiger partial charge in [-0.15, -0.1) is 0 Å². The highest BCUT2D eigenvalue weighted by molar-refractivity contribution is 5.42. The normalized spacial score (nSPS) is 32.0. The van der Waals surface area contributed by atoms with Crippen LogP contribution in [0.1, 0.15) is 45.9 Å². The van der Waals surface area contributed by atoms with E-state index in [1.807, 2.05) is 0 Å². The van der Waals surface area contributed by atoms with Gasteiger partial charge in [-0.1, -0.05) is 18.9 Å². The molecular formula is C20H31NO4. The van der Waals surface area contributed by atoms with Gasteiger partial charge in [-0.2, -0.15) is 0 Å². The fourth-order valence-corrected chi connectivity index (χ4v) is 3.96. The number of rotatable bonds is 7. The van der Waals surface area contributed by atoms with Crippen molar-refractivity contribution in [3.8, 4) is 11.5 Å². The Morgan fingerprint density at radius 1 is 1.16 bits per heavy atom. The van der Waals surface area contributed by atoms with Crippen LogP contribution in [-0.4, -0.2) is 62.0 Å². The van der Waals surface area contributed by atoms with Crippen LogP contribution in [-0.2, 0) is 11.2 Å². The Morgan fingerprint density at radius 2 is 2.00 bits per heavy atom. The molecule has 1 aromatic carbocycles. The molecule has 1 heterocycles. The zero-order chi connectivity index (χ0) is 22.6. The van der Waals surface area contributed by atoms with Crippen LogP contribution in [0.25, 0.3) is 0 Å². The Hall–Kier alpha value is -1.30. The monoisotopic (exact) mass is 357 g/mol. The molecule has 1 saturated carbocycles. The number of likely N-dealkylation sites (tertiary alicyclic amines) is 1. The maximum atomic E-state index is 9.86. The molecule has 1 N–H and O–H groups in total. The Bertz CT molecular complexity index is 727. The van der Waals surface area contributed by atoms with E-state index in [0.717, 1.165) is 44.2 Å². The fourth-order valence-electron chi connectivity index (χ4n) is 3.96. The summed E-state index contributed by atoms with van der Waals surface area (Å²) >= 11 is 0. The Balaban J connectivity index is 1.61. The summed E-state index contributed by atoms with van der Waals surface area (Å²) in [6.07, 6.45) is 5.51. The lowest BCUT2D eigenvalue weighted by Gasteiger charge is -2.37. The predicted octanol–water partition coefficient (Wildman–Crippen LogP) is 2.64. The van der Waals surface area contributed by atoms with Crippen molar-refractivity contribution in [2.24, 2.45) is 0 Å². The summed E-state index contributed by atoms with van der Waals surface area (Å²) < 4.78 is 59.8. The zero-order valence-electron chi connectivity index (χ0n) is 20.4. The third kappa shape index (κ3) is 4.66. The van der Waals surface area contributed by atoms with Crippen LogP contribution in [0.5, 0.6) is 11.5 Å². The summed E-state index contributed by atoms with van der Waals surface area (Å²) in [5.74, 6) is -0.268. The van der Waals surface area contributed by atoms with Crippen molar-refractivity contribution in [1.82, 2.24) is 4.90 Å². The molecule has 0 radical (unpaired) electrons. The van der Waals surface area contributed by atoms with Crippen molar-refractivity contribution in [3.63, 3.8) is 0 Å². The summed E-state index contributed by atoms with van der Waals surface area (Å²) in [7, 11) is -5.44. The Labute approximate surface area is 159 Å². The first-order valence-corrected chi connectivity index (χ1v) is 9.05. The van der Waals surface area contributed by atoms with E-state index in [9.17, 15) is 5.11 Å². The van der Waals surface area contributed by atoms with E-state index in [1.54, 1.807) is 6.07 Å². The molecule has 1 aliphatic heterocycles. The van der Waals surface area contributed by atoms with Gasteiger partial charge in [0.15, 0.2) is 11.5 Å². The summed E-state index contributed by atoms with van der Waals surface area (Å²) in [4.78, 5) is 2.33. The van der Waals surface area contributed by atoms with Gasteiger partial charge in [0.05, 0.1) is 41.1 Å². The standard InChI is InChI=1S/C20H31NO4/c1-23-19-8-7-15(13-20(19)24-2)10-12-25-18-6-4-3-5-17(18)21-11-9-16(22)14-21/h7-8,13,16-18,22H,3-6,9-12,14H2,1-2H3/t16-,17+,18+/m0/s1/i1+1D3,2+1D3. The average molecular weight is 357 g/mol. The van der Waals surface area contributed by atoms with Crippen molar-refractivity contribution >= 4 is 0 Å². The highest BCUT2D eigenvalue weighted by Gasteiger charge is 2.34. The van der Waals surface area contributed by atoms with E-state index in [1.165, 1.54) is 12.1 Å². The fraction of sp³-hybridized carbons (Fsp3) is 0.700. The SMILES string of the molecule is [2H][13C]([2H])([2H])Oc1ccc(CCO[C@@H]2CCCC[C@H]2N2CC[C@H](O)C2)cc1O[13C]([2H])([2H])[2H]. The lowest BCUT2D eigenvalue weighted by Crippen LogP contribution is -2.46. The van der Waals surface area contributed by atoms with Crippen LogP contribution in [0.3, 0.4) is 0 Å². The van der Waals surface area contributed by atoms with Crippen molar-refractivity contribution in [2.75, 3.05) is 33.8 Å². The number of benzene rings is 1. The smallest absolute Gasteiger partial charge is 0.160 e. The highest BCUT2D eigenvalue weighted by atomic mass is 16.6. The number of ether oxygens (including phenoxy) is 3. The summed E-state index contributed by atoms with van der Waals surface area (Å²) in [5.41, 5.74) is 0.765. The van der Waals surface area contributed by atoms with E-state index in [-0.39, 0.29) is 23.7 Å². The van der Waals surface area contributed by atoms with E-state index in [0.29, 0.717) is 25.6 Å². The van der Waals surface area contributed by atoms with E-state index in [2.05, 4.69) is 4.90 Å². The molecule has 0 unspecified atom stereocenters. The molecule has 0 spiro atoms. The van der Waals surface area contributed by atoms with Gasteiger partial charge in [0.25, 0.3) is 0 Å². The van der Waals surface area contributed by atoms with E-state index in [4.69, 9.17) is 22.4 Å². The zero-order valence-corrected chi connectivity index (χ0v) is 14.4. The van der Waals surface area contributed by atoms with Gasteiger partial charge in [-0.25, -0.2) is 0 Å². The van der Waals surface area contributed by atoms with Crippen molar-refractivity contribution in [3.05, 3.63) is 23.8 Å². The summed E-state index contributed by atoms with van der Waals surface area (Å²) in [5, 5.41) is 9.86. The van der Waals surface area contributed by atoms with Crippen molar-refractivity contribution < 1.29 is 27.5 Å². The second-order valence-corrected chi connectivity index (χ2v) is 6.93. The maximum absolute atomic E-state index is 9.86. The molecule has 0 amide bonds. The molecule has 140 valence electrons. The Kier molecular flexibility index (Phi) is 4.32. The first-order chi connectivity index (χ1) is 14.5. The van der Waals surface area contributed by atoms with Gasteiger partial charge in [-0.05, 0) is 43.4 Å². The minimum absolute atomic E-state index is 0.107. The van der Waals surface area contributed by atoms with Crippen molar-refractivity contribution in [2.45, 2.75) is 56.8 Å². The van der Waals surface area contributed by atoms with Crippen LogP contribution in [0.4, 0.5) is 0 Å². The largest absolute Gasteiger partial charge is 0.493 e. The first kappa shape index (κ1) is 12.2. The molecule has 1 aromatic rings.